The summed E-state index contributed by atoms with van der Waals surface area (Å²) in [5.41, 5.74) is 0.822. The molecule has 24 heavy (non-hydrogen) atoms. The summed E-state index contributed by atoms with van der Waals surface area (Å²) in [7, 11) is 0. The molecule has 4 nitrogen and oxygen atoms in total. The lowest BCUT2D eigenvalue weighted by Crippen LogP contribution is -2.55. The fraction of sp³-hybridized carbons (Fsp3) is 0.300. The molecular formula is C20H19NO3. The van der Waals surface area contributed by atoms with Gasteiger partial charge in [-0.25, -0.2) is 4.90 Å². The molecule has 2 heterocycles. The number of rotatable bonds is 1. The van der Waals surface area contributed by atoms with Gasteiger partial charge in [-0.2, -0.15) is 0 Å². The number of hydrogen-bond donors (Lipinski definition) is 0. The van der Waals surface area contributed by atoms with E-state index in [9.17, 15) is 9.59 Å². The van der Waals surface area contributed by atoms with Crippen LogP contribution in [-0.4, -0.2) is 18.4 Å². The van der Waals surface area contributed by atoms with Crippen molar-refractivity contribution in [1.29, 1.82) is 0 Å². The van der Waals surface area contributed by atoms with E-state index in [1.165, 1.54) is 4.90 Å². The summed E-state index contributed by atoms with van der Waals surface area (Å²) in [6.07, 6.45) is 3.50. The Bertz CT molecular complexity index is 776. The largest absolute Gasteiger partial charge is 0.360 e. The lowest BCUT2D eigenvalue weighted by molar-refractivity contribution is -0.146. The van der Waals surface area contributed by atoms with E-state index in [0.29, 0.717) is 29.8 Å². The molecule has 2 amide bonds. The maximum absolute atomic E-state index is 13.4. The zero-order chi connectivity index (χ0) is 16.6. The van der Waals surface area contributed by atoms with Gasteiger partial charge in [-0.15, -0.1) is 0 Å². The minimum Gasteiger partial charge on any atom is -0.360 e. The minimum atomic E-state index is -1.04. The molecule has 0 saturated carbocycles. The molecule has 0 aromatic heterocycles. The van der Waals surface area contributed by atoms with Crippen LogP contribution in [0.4, 0.5) is 5.69 Å². The number of nitrogens with zero attached hydrogens (tertiary/aromatic N) is 1. The second-order valence-electron chi connectivity index (χ2n) is 6.31. The van der Waals surface area contributed by atoms with Gasteiger partial charge >= 0.3 is 0 Å². The van der Waals surface area contributed by atoms with E-state index in [1.807, 2.05) is 36.4 Å². The lowest BCUT2D eigenvalue weighted by Gasteiger charge is -2.41. The second kappa shape index (κ2) is 5.87. The smallest absolute Gasteiger partial charge is 0.270 e. The standard InChI is InChI=1S/C20H19NO3/c22-18-16-11-5-6-12-17(16)20(13-7-2-8-14-24-20)19(23)21(18)15-9-3-1-4-10-15/h1,3-6,9-12H,2,7-8,13-14H2. The highest BCUT2D eigenvalue weighted by atomic mass is 16.5. The highest BCUT2D eigenvalue weighted by Gasteiger charge is 2.52. The third-order valence-electron chi connectivity index (χ3n) is 4.88. The number of benzene rings is 2. The lowest BCUT2D eigenvalue weighted by atomic mass is 9.80. The third-order valence-corrected chi connectivity index (χ3v) is 4.88. The maximum atomic E-state index is 13.4. The number of fused-ring (bicyclic) bond motifs is 2. The molecular weight excluding hydrogens is 302 g/mol. The summed E-state index contributed by atoms with van der Waals surface area (Å²) in [6, 6.07) is 16.5. The summed E-state index contributed by atoms with van der Waals surface area (Å²) in [5, 5.41) is 0. The highest BCUT2D eigenvalue weighted by Crippen LogP contribution is 2.42. The van der Waals surface area contributed by atoms with Crippen molar-refractivity contribution in [2.24, 2.45) is 0 Å². The normalized spacial score (nSPS) is 23.9. The molecule has 0 N–H and O–H groups in total. The molecule has 0 radical (unpaired) electrons. The number of amides is 2. The Hall–Kier alpha value is -2.46. The van der Waals surface area contributed by atoms with Gasteiger partial charge < -0.3 is 4.74 Å². The van der Waals surface area contributed by atoms with Crippen molar-refractivity contribution in [3.8, 4) is 0 Å². The van der Waals surface area contributed by atoms with Crippen LogP contribution in [0.15, 0.2) is 54.6 Å². The van der Waals surface area contributed by atoms with Crippen LogP contribution in [-0.2, 0) is 15.1 Å². The van der Waals surface area contributed by atoms with Crippen molar-refractivity contribution < 1.29 is 14.3 Å². The predicted octanol–water partition coefficient (Wildman–Crippen LogP) is 3.66. The molecule has 1 atom stereocenters. The molecule has 122 valence electrons. The molecule has 1 fully saturated rings. The number of imide groups is 1. The third kappa shape index (κ3) is 2.18. The highest BCUT2D eigenvalue weighted by molar-refractivity contribution is 6.27. The molecule has 1 spiro atoms. The first-order chi connectivity index (χ1) is 11.7. The van der Waals surface area contributed by atoms with Gasteiger partial charge in [0.25, 0.3) is 11.8 Å². The molecule has 2 aliphatic rings. The molecule has 2 aromatic carbocycles. The van der Waals surface area contributed by atoms with Crippen LogP contribution in [0.1, 0.15) is 41.6 Å². The van der Waals surface area contributed by atoms with E-state index in [0.717, 1.165) is 19.3 Å². The summed E-state index contributed by atoms with van der Waals surface area (Å²) in [5.74, 6) is -0.542. The molecule has 0 aliphatic carbocycles. The molecule has 1 unspecified atom stereocenters. The average Bonchev–Trinajstić information content (AvgIpc) is 2.88. The molecule has 2 aromatic rings. The van der Waals surface area contributed by atoms with Gasteiger partial charge in [0.15, 0.2) is 5.60 Å². The zero-order valence-electron chi connectivity index (χ0n) is 13.4. The average molecular weight is 321 g/mol. The van der Waals surface area contributed by atoms with Crippen molar-refractivity contribution in [2.75, 3.05) is 11.5 Å². The first kappa shape index (κ1) is 15.1. The van der Waals surface area contributed by atoms with Crippen molar-refractivity contribution in [2.45, 2.75) is 31.3 Å². The fourth-order valence-electron chi connectivity index (χ4n) is 3.69. The van der Waals surface area contributed by atoms with Crippen molar-refractivity contribution >= 4 is 17.5 Å². The van der Waals surface area contributed by atoms with Crippen LogP contribution in [0.5, 0.6) is 0 Å². The van der Waals surface area contributed by atoms with Crippen LogP contribution in [0, 0.1) is 0 Å². The molecule has 4 rings (SSSR count). The van der Waals surface area contributed by atoms with Crippen LogP contribution >= 0.6 is 0 Å². The Labute approximate surface area is 141 Å². The Morgan fingerprint density at radius 1 is 0.875 bits per heavy atom. The molecule has 1 saturated heterocycles. The van der Waals surface area contributed by atoms with Crippen molar-refractivity contribution in [3.05, 3.63) is 65.7 Å². The fourth-order valence-corrected chi connectivity index (χ4v) is 3.69. The number of hydrogen-bond acceptors (Lipinski definition) is 3. The van der Waals surface area contributed by atoms with Gasteiger partial charge in [0, 0.05) is 17.7 Å². The first-order valence-corrected chi connectivity index (χ1v) is 8.41. The number of para-hydroxylation sites is 1. The van der Waals surface area contributed by atoms with Crippen LogP contribution in [0.2, 0.25) is 0 Å². The van der Waals surface area contributed by atoms with E-state index in [2.05, 4.69) is 0 Å². The summed E-state index contributed by atoms with van der Waals surface area (Å²) in [6.45, 7) is 0.539. The Morgan fingerprint density at radius 2 is 1.62 bits per heavy atom. The zero-order valence-corrected chi connectivity index (χ0v) is 13.4. The van der Waals surface area contributed by atoms with Crippen molar-refractivity contribution in [1.82, 2.24) is 0 Å². The second-order valence-corrected chi connectivity index (χ2v) is 6.31. The Kier molecular flexibility index (Phi) is 3.69. The molecule has 0 bridgehead atoms. The molecule has 4 heteroatoms. The van der Waals surface area contributed by atoms with Crippen LogP contribution in [0.3, 0.4) is 0 Å². The van der Waals surface area contributed by atoms with Gasteiger partial charge in [-0.3, -0.25) is 9.59 Å². The van der Waals surface area contributed by atoms with Gasteiger partial charge in [-0.05, 0) is 37.5 Å². The summed E-state index contributed by atoms with van der Waals surface area (Å²) >= 11 is 0. The van der Waals surface area contributed by atoms with Gasteiger partial charge in [0.1, 0.15) is 0 Å². The number of ether oxygens (including phenoxy) is 1. The van der Waals surface area contributed by atoms with Crippen LogP contribution in [0.25, 0.3) is 0 Å². The number of carbonyl (C=O) groups is 2. The monoisotopic (exact) mass is 321 g/mol. The van der Waals surface area contributed by atoms with E-state index in [-0.39, 0.29) is 11.8 Å². The Balaban J connectivity index is 1.92. The summed E-state index contributed by atoms with van der Waals surface area (Å²) < 4.78 is 6.13. The Morgan fingerprint density at radius 3 is 2.46 bits per heavy atom. The SMILES string of the molecule is O=C1c2ccccc2C2(CCCCCO2)C(=O)N1c1ccccc1. The topological polar surface area (TPSA) is 46.6 Å². The number of anilines is 1. The first-order valence-electron chi connectivity index (χ1n) is 8.41. The van der Waals surface area contributed by atoms with E-state index >= 15 is 0 Å². The maximum Gasteiger partial charge on any atom is 0.270 e. The predicted molar refractivity (Wildman–Crippen MR) is 90.8 cm³/mol. The number of carbonyl (C=O) groups excluding carboxylic acids is 2. The van der Waals surface area contributed by atoms with Gasteiger partial charge in [0.05, 0.1) is 5.69 Å². The van der Waals surface area contributed by atoms with Crippen LogP contribution < -0.4 is 4.90 Å². The van der Waals surface area contributed by atoms with E-state index < -0.39 is 5.60 Å². The summed E-state index contributed by atoms with van der Waals surface area (Å²) in [4.78, 5) is 27.7. The van der Waals surface area contributed by atoms with Gasteiger partial charge in [0.2, 0.25) is 0 Å². The minimum absolute atomic E-state index is 0.265. The van der Waals surface area contributed by atoms with E-state index in [4.69, 9.17) is 4.74 Å². The van der Waals surface area contributed by atoms with Gasteiger partial charge in [-0.1, -0.05) is 42.8 Å². The van der Waals surface area contributed by atoms with Crippen molar-refractivity contribution in [3.63, 3.8) is 0 Å². The quantitative estimate of drug-likeness (QED) is 0.753. The molecule has 2 aliphatic heterocycles. The van der Waals surface area contributed by atoms with E-state index in [1.54, 1.807) is 18.2 Å².